The Balaban J connectivity index is 2.62. The van der Waals surface area contributed by atoms with Gasteiger partial charge in [-0.1, -0.05) is 0 Å². The molecule has 0 aliphatic rings. The van der Waals surface area contributed by atoms with Gasteiger partial charge in [0, 0.05) is 0 Å². The lowest BCUT2D eigenvalue weighted by atomic mass is 13.6. The number of hydrogen-bond donors (Lipinski definition) is 1. The minimum absolute atomic E-state index is 0.443. The van der Waals surface area contributed by atoms with Crippen molar-refractivity contribution < 1.29 is 9.32 Å². The molecule has 0 aromatic heterocycles. The summed E-state index contributed by atoms with van der Waals surface area (Å²) in [6, 6.07) is 0. The van der Waals surface area contributed by atoms with Gasteiger partial charge in [0.2, 0.25) is 0 Å². The average Bonchev–Trinajstić information content (AvgIpc) is 1.41. The zero-order valence-electron chi connectivity index (χ0n) is 2.88. The zero-order chi connectivity index (χ0) is 4.12. The predicted octanol–water partition coefficient (Wildman–Crippen LogP) is -1.79. The maximum absolute atomic E-state index is 7.63. The zero-order valence-corrected chi connectivity index (χ0v) is 6.03. The van der Waals surface area contributed by atoms with Crippen LogP contribution in [-0.4, -0.2) is 25.2 Å². The van der Waals surface area contributed by atoms with E-state index in [-0.39, 0.29) is 0 Å². The van der Waals surface area contributed by atoms with Crippen LogP contribution >= 0.6 is 0 Å². The van der Waals surface area contributed by atoms with Crippen molar-refractivity contribution in [2.75, 3.05) is 0 Å². The van der Waals surface area contributed by atoms with E-state index in [1.54, 1.807) is 0 Å². The fourth-order valence-corrected chi connectivity index (χ4v) is 0.424. The van der Waals surface area contributed by atoms with Crippen molar-refractivity contribution in [2.24, 2.45) is 4.80 Å². The van der Waals surface area contributed by atoms with E-state index < -0.39 is 9.56 Å². The summed E-state index contributed by atoms with van der Waals surface area (Å²) in [4.78, 5) is 2.75. The molecule has 30 valence electrons. The Kier molecular flexibility index (Phi) is 3.71. The highest BCUT2D eigenvalue weighted by atomic mass is 28.3. The highest BCUT2D eigenvalue weighted by Gasteiger charge is 1.53. The SMILES string of the molecule is ON=[SiH]O[SiH3]. The largest absolute Gasteiger partial charge is 0.600 e. The first-order valence-electron chi connectivity index (χ1n) is 1.10. The average molecular weight is 107 g/mol. The van der Waals surface area contributed by atoms with Crippen LogP contribution in [0, 0.1) is 0 Å². The van der Waals surface area contributed by atoms with Crippen LogP contribution in [0.4, 0.5) is 0 Å². The lowest BCUT2D eigenvalue weighted by molar-refractivity contribution is 0.318. The molecule has 0 bridgehead atoms. The van der Waals surface area contributed by atoms with E-state index >= 15 is 0 Å². The van der Waals surface area contributed by atoms with E-state index in [0.29, 0.717) is 10.5 Å². The van der Waals surface area contributed by atoms with Crippen LogP contribution in [-0.2, 0) is 4.12 Å². The molecule has 0 heterocycles. The minimum atomic E-state index is -0.443. The van der Waals surface area contributed by atoms with Crippen LogP contribution in [0.3, 0.4) is 0 Å². The normalized spacial score (nSPS) is 9.60. The van der Waals surface area contributed by atoms with Gasteiger partial charge in [-0.2, -0.15) is 0 Å². The first-order valence-corrected chi connectivity index (χ1v) is 2.91. The molecule has 0 amide bonds. The summed E-state index contributed by atoms with van der Waals surface area (Å²) in [6.45, 7) is 0. The molecule has 0 fully saturated rings. The quantitative estimate of drug-likeness (QED) is 0.317. The molecule has 0 unspecified atom stereocenters. The van der Waals surface area contributed by atoms with Crippen LogP contribution in [0.2, 0.25) is 0 Å². The van der Waals surface area contributed by atoms with Gasteiger partial charge in [-0.05, 0) is 0 Å². The van der Waals surface area contributed by atoms with Gasteiger partial charge in [-0.3, -0.25) is 0 Å². The molecule has 5 heavy (non-hydrogen) atoms. The summed E-state index contributed by atoms with van der Waals surface area (Å²) in [5.41, 5.74) is 0. The standard InChI is InChI=1S/H5NO2Si2/c2-1-5-3-4/h2,5H,4H3. The van der Waals surface area contributed by atoms with E-state index in [9.17, 15) is 0 Å². The molecule has 0 saturated heterocycles. The van der Waals surface area contributed by atoms with Gasteiger partial charge in [-0.15, -0.1) is 4.80 Å². The molecular weight excluding hydrogens is 102 g/mol. The number of rotatable bonds is 1. The Hall–Kier alpha value is -0.166. The van der Waals surface area contributed by atoms with E-state index in [1.807, 2.05) is 0 Å². The molecule has 0 atom stereocenters. The first-order chi connectivity index (χ1) is 2.41. The van der Waals surface area contributed by atoms with E-state index in [2.05, 4.69) is 8.91 Å². The van der Waals surface area contributed by atoms with Crippen molar-refractivity contribution in [3.8, 4) is 0 Å². The van der Waals surface area contributed by atoms with Gasteiger partial charge in [0.05, 0.1) is 0 Å². The van der Waals surface area contributed by atoms with Gasteiger partial charge in [0.15, 0.2) is 10.5 Å². The Bertz CT molecular complexity index is 34.6. The second-order valence-electron chi connectivity index (χ2n) is 0.457. The number of hydrogen-bond acceptors (Lipinski definition) is 3. The van der Waals surface area contributed by atoms with Gasteiger partial charge in [0.25, 0.3) is 0 Å². The van der Waals surface area contributed by atoms with Crippen molar-refractivity contribution in [1.29, 1.82) is 0 Å². The molecule has 0 radical (unpaired) electrons. The summed E-state index contributed by atoms with van der Waals surface area (Å²) in [6.07, 6.45) is 0. The maximum atomic E-state index is 7.63. The summed E-state index contributed by atoms with van der Waals surface area (Å²) in [5, 5.41) is 7.63. The Morgan fingerprint density at radius 3 is 2.60 bits per heavy atom. The lowest BCUT2D eigenvalue weighted by Gasteiger charge is -1.75. The van der Waals surface area contributed by atoms with Gasteiger partial charge in [0.1, 0.15) is 0 Å². The molecule has 0 spiro atoms. The molecule has 0 aromatic carbocycles. The second-order valence-corrected chi connectivity index (χ2v) is 2.78. The minimum Gasteiger partial charge on any atom is -0.600 e. The Morgan fingerprint density at radius 2 is 2.60 bits per heavy atom. The molecule has 0 aliphatic heterocycles. The molecule has 0 saturated carbocycles. The van der Waals surface area contributed by atoms with Gasteiger partial charge in [-0.25, -0.2) is 0 Å². The fraction of sp³-hybridized carbons (Fsp3) is 0. The van der Waals surface area contributed by atoms with Crippen LogP contribution in [0.15, 0.2) is 4.80 Å². The van der Waals surface area contributed by atoms with Crippen LogP contribution in [0.5, 0.6) is 0 Å². The molecule has 1 N–H and O–H groups in total. The van der Waals surface area contributed by atoms with Crippen molar-refractivity contribution in [3.05, 3.63) is 0 Å². The second kappa shape index (κ2) is 3.83. The fourth-order valence-electron chi connectivity index (χ4n) is 0.0471. The van der Waals surface area contributed by atoms with E-state index in [1.165, 1.54) is 0 Å². The smallest absolute Gasteiger partial charge is 0.368 e. The maximum Gasteiger partial charge on any atom is 0.368 e. The van der Waals surface area contributed by atoms with E-state index in [0.717, 1.165) is 0 Å². The van der Waals surface area contributed by atoms with E-state index in [4.69, 9.17) is 5.21 Å². The summed E-state index contributed by atoms with van der Waals surface area (Å²) >= 11 is 0. The van der Waals surface area contributed by atoms with Crippen molar-refractivity contribution in [1.82, 2.24) is 0 Å². The molecule has 0 aromatic rings. The van der Waals surface area contributed by atoms with Crippen LogP contribution in [0.1, 0.15) is 0 Å². The predicted molar refractivity (Wildman–Crippen MR) is 22.4 cm³/mol. The topological polar surface area (TPSA) is 41.8 Å². The third kappa shape index (κ3) is 3.83. The first kappa shape index (κ1) is 4.83. The van der Waals surface area contributed by atoms with Crippen LogP contribution < -0.4 is 0 Å². The summed E-state index contributed by atoms with van der Waals surface area (Å²) in [5.74, 6) is 0. The monoisotopic (exact) mass is 107 g/mol. The summed E-state index contributed by atoms with van der Waals surface area (Å²) < 4.78 is 4.50. The lowest BCUT2D eigenvalue weighted by Crippen LogP contribution is -1.78. The van der Waals surface area contributed by atoms with Crippen molar-refractivity contribution >= 4 is 20.0 Å². The molecule has 5 heteroatoms. The van der Waals surface area contributed by atoms with Crippen molar-refractivity contribution in [2.45, 2.75) is 0 Å². The van der Waals surface area contributed by atoms with Crippen molar-refractivity contribution in [3.63, 3.8) is 0 Å². The third-order valence-corrected chi connectivity index (χ3v) is 1.09. The molecule has 0 rings (SSSR count). The van der Waals surface area contributed by atoms with Crippen LogP contribution in [0.25, 0.3) is 0 Å². The Morgan fingerprint density at radius 1 is 2.00 bits per heavy atom. The molecule has 0 aliphatic carbocycles. The third-order valence-electron chi connectivity index (χ3n) is 0.153. The molecule has 3 nitrogen and oxygen atoms in total. The van der Waals surface area contributed by atoms with Gasteiger partial charge >= 0.3 is 9.56 Å². The summed E-state index contributed by atoms with van der Waals surface area (Å²) in [7, 11) is 0.239. The highest BCUT2D eigenvalue weighted by Crippen LogP contribution is 1.43. The molecular formula is H5NO2Si2. The highest BCUT2D eigenvalue weighted by molar-refractivity contribution is 6.23. The number of nitrogens with zero attached hydrogens (tertiary/aromatic N) is 1. The van der Waals surface area contributed by atoms with Gasteiger partial charge < -0.3 is 9.32 Å². The Labute approximate surface area is 35.1 Å².